The van der Waals surface area contributed by atoms with Crippen LogP contribution in [0.3, 0.4) is 0 Å². The van der Waals surface area contributed by atoms with Crippen LogP contribution >= 0.6 is 0 Å². The molecule has 1 N–H and O–H groups in total. The Morgan fingerprint density at radius 3 is 2.50 bits per heavy atom. The van der Waals surface area contributed by atoms with Crippen molar-refractivity contribution in [1.29, 1.82) is 0 Å². The smallest absolute Gasteiger partial charge is 0.223 e. The highest BCUT2D eigenvalue weighted by Gasteiger charge is 2.21. The van der Waals surface area contributed by atoms with Crippen LogP contribution in [-0.4, -0.2) is 37.0 Å². The summed E-state index contributed by atoms with van der Waals surface area (Å²) >= 11 is 0. The zero-order valence-electron chi connectivity index (χ0n) is 11.0. The number of carbonyl (C=O) groups is 1. The van der Waals surface area contributed by atoms with Crippen LogP contribution in [0.4, 0.5) is 0 Å². The molecule has 3 heteroatoms. The van der Waals surface area contributed by atoms with Crippen LogP contribution in [0.15, 0.2) is 0 Å². The highest BCUT2D eigenvalue weighted by molar-refractivity contribution is 5.78. The van der Waals surface area contributed by atoms with Gasteiger partial charge in [0.2, 0.25) is 5.91 Å². The second-order valence-electron chi connectivity index (χ2n) is 4.98. The number of likely N-dealkylation sites (tertiary alicyclic amines) is 1. The van der Waals surface area contributed by atoms with Crippen molar-refractivity contribution in [3.05, 3.63) is 0 Å². The third kappa shape index (κ3) is 4.12. The Labute approximate surface area is 99.6 Å². The van der Waals surface area contributed by atoms with Gasteiger partial charge in [-0.15, -0.1) is 0 Å². The summed E-state index contributed by atoms with van der Waals surface area (Å²) in [7, 11) is 2.14. The van der Waals surface area contributed by atoms with Gasteiger partial charge in [0.15, 0.2) is 0 Å². The first kappa shape index (κ1) is 13.5. The highest BCUT2D eigenvalue weighted by Crippen LogP contribution is 2.13. The topological polar surface area (TPSA) is 32.3 Å². The van der Waals surface area contributed by atoms with Gasteiger partial charge in [0.05, 0.1) is 0 Å². The van der Waals surface area contributed by atoms with Gasteiger partial charge in [-0.1, -0.05) is 20.3 Å². The summed E-state index contributed by atoms with van der Waals surface area (Å²) in [5.74, 6) is 0.503. The lowest BCUT2D eigenvalue weighted by molar-refractivity contribution is -0.126. The van der Waals surface area contributed by atoms with E-state index in [0.29, 0.717) is 6.04 Å². The Hall–Kier alpha value is -0.570. The first-order valence-corrected chi connectivity index (χ1v) is 6.66. The van der Waals surface area contributed by atoms with E-state index in [2.05, 4.69) is 31.1 Å². The molecule has 1 fully saturated rings. The number of nitrogens with one attached hydrogen (secondary N) is 1. The first-order chi connectivity index (χ1) is 7.67. The molecule has 1 aliphatic rings. The van der Waals surface area contributed by atoms with E-state index >= 15 is 0 Å². The zero-order chi connectivity index (χ0) is 12.0. The van der Waals surface area contributed by atoms with Crippen LogP contribution in [-0.2, 0) is 4.79 Å². The number of rotatable bonds is 5. The summed E-state index contributed by atoms with van der Waals surface area (Å²) in [5.41, 5.74) is 0. The van der Waals surface area contributed by atoms with Crippen molar-refractivity contribution < 1.29 is 4.79 Å². The van der Waals surface area contributed by atoms with Gasteiger partial charge in [0.1, 0.15) is 0 Å². The lowest BCUT2D eigenvalue weighted by Gasteiger charge is -2.30. The van der Waals surface area contributed by atoms with Crippen LogP contribution in [0.5, 0.6) is 0 Å². The van der Waals surface area contributed by atoms with Crippen LogP contribution in [0.25, 0.3) is 0 Å². The summed E-state index contributed by atoms with van der Waals surface area (Å²) in [6, 6.07) is 0.412. The summed E-state index contributed by atoms with van der Waals surface area (Å²) in [6.45, 7) is 6.46. The van der Waals surface area contributed by atoms with Gasteiger partial charge < -0.3 is 10.2 Å². The molecule has 0 aromatic heterocycles. The van der Waals surface area contributed by atoms with Gasteiger partial charge in [0.25, 0.3) is 0 Å². The fourth-order valence-corrected chi connectivity index (χ4v) is 2.34. The van der Waals surface area contributed by atoms with Gasteiger partial charge in [-0.05, 0) is 45.8 Å². The van der Waals surface area contributed by atoms with E-state index in [0.717, 1.165) is 45.2 Å². The SMILES string of the molecule is CCCC(CC)C(=O)NC1CCN(C)CC1. The van der Waals surface area contributed by atoms with E-state index in [4.69, 9.17) is 0 Å². The molecule has 1 amide bonds. The second-order valence-corrected chi connectivity index (χ2v) is 4.98. The molecule has 0 bridgehead atoms. The van der Waals surface area contributed by atoms with E-state index in [1.165, 1.54) is 0 Å². The number of carbonyl (C=O) groups excluding carboxylic acids is 1. The Kier molecular flexibility index (Phi) is 5.81. The summed E-state index contributed by atoms with van der Waals surface area (Å²) in [5, 5.41) is 3.21. The van der Waals surface area contributed by atoms with Crippen molar-refractivity contribution in [1.82, 2.24) is 10.2 Å². The number of hydrogen-bond acceptors (Lipinski definition) is 2. The molecule has 1 saturated heterocycles. The molecular weight excluding hydrogens is 200 g/mol. The van der Waals surface area contributed by atoms with Crippen LogP contribution in [0.2, 0.25) is 0 Å². The highest BCUT2D eigenvalue weighted by atomic mass is 16.1. The molecule has 94 valence electrons. The molecule has 1 atom stereocenters. The number of piperidine rings is 1. The number of hydrogen-bond donors (Lipinski definition) is 1. The molecule has 1 rings (SSSR count). The lowest BCUT2D eigenvalue weighted by Crippen LogP contribution is -2.45. The van der Waals surface area contributed by atoms with Gasteiger partial charge in [-0.3, -0.25) is 4.79 Å². The van der Waals surface area contributed by atoms with Crippen molar-refractivity contribution >= 4 is 5.91 Å². The van der Waals surface area contributed by atoms with Crippen molar-refractivity contribution in [2.45, 2.75) is 52.0 Å². The fraction of sp³-hybridized carbons (Fsp3) is 0.923. The molecule has 0 aromatic rings. The van der Waals surface area contributed by atoms with Gasteiger partial charge in [0, 0.05) is 12.0 Å². The molecule has 1 aliphatic heterocycles. The van der Waals surface area contributed by atoms with E-state index in [1.807, 2.05) is 0 Å². The molecule has 1 heterocycles. The average molecular weight is 226 g/mol. The molecule has 0 spiro atoms. The number of amides is 1. The molecule has 0 aromatic carbocycles. The molecule has 0 saturated carbocycles. The quantitative estimate of drug-likeness (QED) is 0.778. The van der Waals surface area contributed by atoms with Crippen molar-refractivity contribution in [2.24, 2.45) is 5.92 Å². The van der Waals surface area contributed by atoms with Gasteiger partial charge in [-0.2, -0.15) is 0 Å². The largest absolute Gasteiger partial charge is 0.353 e. The minimum atomic E-state index is 0.227. The van der Waals surface area contributed by atoms with Crippen molar-refractivity contribution in [3.8, 4) is 0 Å². The normalized spacial score (nSPS) is 20.7. The average Bonchev–Trinajstić information content (AvgIpc) is 2.29. The van der Waals surface area contributed by atoms with Gasteiger partial charge in [-0.25, -0.2) is 0 Å². The molecular formula is C13H26N2O. The third-order valence-electron chi connectivity index (χ3n) is 3.57. The van der Waals surface area contributed by atoms with Crippen molar-refractivity contribution in [2.75, 3.05) is 20.1 Å². The maximum absolute atomic E-state index is 12.0. The monoisotopic (exact) mass is 226 g/mol. The second kappa shape index (κ2) is 6.89. The lowest BCUT2D eigenvalue weighted by atomic mass is 9.98. The van der Waals surface area contributed by atoms with E-state index in [-0.39, 0.29) is 11.8 Å². The van der Waals surface area contributed by atoms with E-state index < -0.39 is 0 Å². The summed E-state index contributed by atoms with van der Waals surface area (Å²) in [6.07, 6.45) is 5.29. The molecule has 3 nitrogen and oxygen atoms in total. The van der Waals surface area contributed by atoms with Crippen LogP contribution < -0.4 is 5.32 Å². The predicted octanol–water partition coefficient (Wildman–Crippen LogP) is 2.02. The van der Waals surface area contributed by atoms with E-state index in [9.17, 15) is 4.79 Å². The minimum Gasteiger partial charge on any atom is -0.353 e. The molecule has 16 heavy (non-hydrogen) atoms. The molecule has 1 unspecified atom stereocenters. The van der Waals surface area contributed by atoms with Crippen molar-refractivity contribution in [3.63, 3.8) is 0 Å². The Balaban J connectivity index is 2.32. The maximum atomic E-state index is 12.0. The Bertz CT molecular complexity index is 210. The van der Waals surface area contributed by atoms with Gasteiger partial charge >= 0.3 is 0 Å². The minimum absolute atomic E-state index is 0.227. The van der Waals surface area contributed by atoms with E-state index in [1.54, 1.807) is 0 Å². The fourth-order valence-electron chi connectivity index (χ4n) is 2.34. The molecule has 0 aliphatic carbocycles. The Morgan fingerprint density at radius 2 is 2.00 bits per heavy atom. The standard InChI is InChI=1S/C13H26N2O/c1-4-6-11(5-2)13(16)14-12-7-9-15(3)10-8-12/h11-12H,4-10H2,1-3H3,(H,14,16). The summed E-state index contributed by atoms with van der Waals surface area (Å²) < 4.78 is 0. The predicted molar refractivity (Wildman–Crippen MR) is 67.4 cm³/mol. The zero-order valence-corrected chi connectivity index (χ0v) is 11.0. The third-order valence-corrected chi connectivity index (χ3v) is 3.57. The maximum Gasteiger partial charge on any atom is 0.223 e. The number of nitrogens with zero attached hydrogens (tertiary/aromatic N) is 1. The first-order valence-electron chi connectivity index (χ1n) is 6.66. The summed E-state index contributed by atoms with van der Waals surface area (Å²) in [4.78, 5) is 14.3. The van der Waals surface area contributed by atoms with Crippen LogP contribution in [0.1, 0.15) is 46.0 Å². The molecule has 0 radical (unpaired) electrons. The van der Waals surface area contributed by atoms with Crippen LogP contribution in [0, 0.1) is 5.92 Å². The Morgan fingerprint density at radius 1 is 1.38 bits per heavy atom.